The van der Waals surface area contributed by atoms with Gasteiger partial charge in [-0.3, -0.25) is 4.79 Å². The molecule has 9 nitrogen and oxygen atoms in total. The Morgan fingerprint density at radius 1 is 1.21 bits per heavy atom. The highest BCUT2D eigenvalue weighted by Crippen LogP contribution is 2.27. The number of benzene rings is 1. The SMILES string of the molecule is CC(c1ccc(OC(F)F)cc1)n1ncn2nc3c(c2c1=O)CN(C(=O)OC(C)(C)C)[C@H](C)C3. The van der Waals surface area contributed by atoms with E-state index in [1.54, 1.807) is 44.7 Å². The van der Waals surface area contributed by atoms with E-state index in [0.717, 1.165) is 5.69 Å². The van der Waals surface area contributed by atoms with Gasteiger partial charge in [0, 0.05) is 18.0 Å². The molecule has 0 N–H and O–H groups in total. The van der Waals surface area contributed by atoms with Crippen molar-refractivity contribution in [3.05, 3.63) is 57.8 Å². The number of hydrogen-bond acceptors (Lipinski definition) is 6. The summed E-state index contributed by atoms with van der Waals surface area (Å²) in [5.74, 6) is 0.0305. The highest BCUT2D eigenvalue weighted by Gasteiger charge is 2.34. The Kier molecular flexibility index (Phi) is 6.05. The molecule has 0 saturated carbocycles. The van der Waals surface area contributed by atoms with Crippen LogP contribution in [0.4, 0.5) is 13.6 Å². The standard InChI is InChI=1S/C23H27F2N5O4/c1-13-10-18-17(11-28(13)22(32)34-23(3,4)5)19-20(31)30(26-12-29(19)27-18)14(2)15-6-8-16(9-7-15)33-21(24)25/h6-9,12-14,21H,10-11H2,1-5H3/t13-,14?/m1/s1. The molecule has 1 aromatic carbocycles. The van der Waals surface area contributed by atoms with Crippen LogP contribution in [0.3, 0.4) is 0 Å². The molecule has 0 saturated heterocycles. The van der Waals surface area contributed by atoms with Crippen LogP contribution in [0, 0.1) is 0 Å². The third-order valence-electron chi connectivity index (χ3n) is 5.72. The minimum atomic E-state index is -2.91. The largest absolute Gasteiger partial charge is 0.444 e. The summed E-state index contributed by atoms with van der Waals surface area (Å²) >= 11 is 0. The van der Waals surface area contributed by atoms with Crippen LogP contribution in [-0.4, -0.2) is 48.6 Å². The molecule has 34 heavy (non-hydrogen) atoms. The summed E-state index contributed by atoms with van der Waals surface area (Å²) < 4.78 is 37.5. The van der Waals surface area contributed by atoms with Gasteiger partial charge in [-0.1, -0.05) is 12.1 Å². The lowest BCUT2D eigenvalue weighted by Crippen LogP contribution is -2.45. The quantitative estimate of drug-likeness (QED) is 0.570. The smallest absolute Gasteiger partial charge is 0.410 e. The Bertz CT molecular complexity index is 1260. The maximum Gasteiger partial charge on any atom is 0.410 e. The number of nitrogens with zero attached hydrogens (tertiary/aromatic N) is 5. The average molecular weight is 475 g/mol. The lowest BCUT2D eigenvalue weighted by molar-refractivity contribution is -0.0498. The van der Waals surface area contributed by atoms with Crippen molar-refractivity contribution in [1.82, 2.24) is 24.3 Å². The Hall–Kier alpha value is -3.50. The zero-order chi connectivity index (χ0) is 24.8. The van der Waals surface area contributed by atoms with Crippen molar-refractivity contribution >= 4 is 11.6 Å². The molecule has 1 aliphatic rings. The number of carbonyl (C=O) groups excluding carboxylic acids is 1. The summed E-state index contributed by atoms with van der Waals surface area (Å²) in [7, 11) is 0. The summed E-state index contributed by atoms with van der Waals surface area (Å²) in [5.41, 5.74) is 1.44. The van der Waals surface area contributed by atoms with Crippen LogP contribution in [0.1, 0.15) is 57.5 Å². The highest BCUT2D eigenvalue weighted by molar-refractivity contribution is 5.70. The van der Waals surface area contributed by atoms with Gasteiger partial charge < -0.3 is 14.4 Å². The van der Waals surface area contributed by atoms with Gasteiger partial charge in [0.05, 0.1) is 18.3 Å². The summed E-state index contributed by atoms with van der Waals surface area (Å²) in [6.07, 6.45) is 1.50. The van der Waals surface area contributed by atoms with Crippen LogP contribution in [0.2, 0.25) is 0 Å². The first-order valence-corrected chi connectivity index (χ1v) is 11.0. The minimum Gasteiger partial charge on any atom is -0.444 e. The number of hydrogen-bond donors (Lipinski definition) is 0. The fourth-order valence-corrected chi connectivity index (χ4v) is 4.05. The van der Waals surface area contributed by atoms with Crippen LogP contribution in [0.5, 0.6) is 5.75 Å². The van der Waals surface area contributed by atoms with Crippen molar-refractivity contribution in [1.29, 1.82) is 0 Å². The molecule has 4 rings (SSSR count). The van der Waals surface area contributed by atoms with Crippen molar-refractivity contribution in [3.63, 3.8) is 0 Å². The summed E-state index contributed by atoms with van der Waals surface area (Å²) in [6, 6.07) is 5.44. The van der Waals surface area contributed by atoms with Crippen molar-refractivity contribution in [2.45, 2.75) is 71.9 Å². The van der Waals surface area contributed by atoms with E-state index in [2.05, 4.69) is 14.9 Å². The molecule has 0 aliphatic carbocycles. The second kappa shape index (κ2) is 8.69. The predicted octanol–water partition coefficient (Wildman–Crippen LogP) is 3.78. The minimum absolute atomic E-state index is 0.0305. The Morgan fingerprint density at radius 3 is 2.50 bits per heavy atom. The first-order chi connectivity index (χ1) is 15.9. The molecule has 1 aliphatic heterocycles. The van der Waals surface area contributed by atoms with Crippen molar-refractivity contribution in [2.75, 3.05) is 0 Å². The average Bonchev–Trinajstić information content (AvgIpc) is 3.09. The number of halogens is 2. The van der Waals surface area contributed by atoms with Gasteiger partial charge in [-0.15, -0.1) is 0 Å². The zero-order valence-corrected chi connectivity index (χ0v) is 19.7. The number of amides is 1. The number of aromatic nitrogens is 4. The molecule has 11 heteroatoms. The third-order valence-corrected chi connectivity index (χ3v) is 5.72. The molecule has 0 bridgehead atoms. The first-order valence-electron chi connectivity index (χ1n) is 11.0. The summed E-state index contributed by atoms with van der Waals surface area (Å²) in [6.45, 7) is 6.39. The van der Waals surface area contributed by atoms with Gasteiger partial charge in [-0.25, -0.2) is 14.0 Å². The second-order valence-electron chi connectivity index (χ2n) is 9.38. The van der Waals surface area contributed by atoms with Crippen LogP contribution < -0.4 is 10.3 Å². The van der Waals surface area contributed by atoms with E-state index in [-0.39, 0.29) is 23.9 Å². The van der Waals surface area contributed by atoms with Crippen LogP contribution in [0.25, 0.3) is 5.52 Å². The molecule has 2 atom stereocenters. The van der Waals surface area contributed by atoms with E-state index in [9.17, 15) is 18.4 Å². The number of rotatable bonds is 4. The number of carbonyl (C=O) groups is 1. The topological polar surface area (TPSA) is 91.0 Å². The van der Waals surface area contributed by atoms with Gasteiger partial charge in [0.1, 0.15) is 23.2 Å². The van der Waals surface area contributed by atoms with E-state index < -0.39 is 24.3 Å². The van der Waals surface area contributed by atoms with Crippen molar-refractivity contribution < 1.29 is 23.0 Å². The summed E-state index contributed by atoms with van der Waals surface area (Å²) in [5, 5.41) is 8.79. The lowest BCUT2D eigenvalue weighted by Gasteiger charge is -2.34. The molecule has 182 valence electrons. The van der Waals surface area contributed by atoms with Crippen molar-refractivity contribution in [2.24, 2.45) is 0 Å². The van der Waals surface area contributed by atoms with E-state index >= 15 is 0 Å². The molecular formula is C23H27F2N5O4. The fraction of sp³-hybridized carbons (Fsp3) is 0.478. The normalized spacial score (nSPS) is 17.1. The van der Waals surface area contributed by atoms with Crippen LogP contribution >= 0.6 is 0 Å². The van der Waals surface area contributed by atoms with Gasteiger partial charge in [0.2, 0.25) is 0 Å². The predicted molar refractivity (Wildman–Crippen MR) is 119 cm³/mol. The van der Waals surface area contributed by atoms with Crippen LogP contribution in [0.15, 0.2) is 35.4 Å². The highest BCUT2D eigenvalue weighted by atomic mass is 19.3. The van der Waals surface area contributed by atoms with E-state index in [4.69, 9.17) is 4.74 Å². The molecule has 0 radical (unpaired) electrons. The molecule has 1 unspecified atom stereocenters. The summed E-state index contributed by atoms with van der Waals surface area (Å²) in [4.78, 5) is 27.8. The second-order valence-corrected chi connectivity index (χ2v) is 9.38. The van der Waals surface area contributed by atoms with Gasteiger partial charge >= 0.3 is 12.7 Å². The lowest BCUT2D eigenvalue weighted by atomic mass is 10.0. The van der Waals surface area contributed by atoms with Gasteiger partial charge in [-0.05, 0) is 52.3 Å². The number of ether oxygens (including phenoxy) is 2. The molecule has 3 aromatic rings. The van der Waals surface area contributed by atoms with E-state index in [1.165, 1.54) is 27.7 Å². The molecule has 0 fully saturated rings. The monoisotopic (exact) mass is 475 g/mol. The molecule has 2 aromatic heterocycles. The van der Waals surface area contributed by atoms with Gasteiger partial charge in [0.25, 0.3) is 5.56 Å². The maximum absolute atomic E-state index is 13.5. The molecular weight excluding hydrogens is 448 g/mol. The molecule has 1 amide bonds. The number of fused-ring (bicyclic) bond motifs is 3. The number of alkyl halides is 2. The van der Waals surface area contributed by atoms with E-state index in [1.807, 2.05) is 6.92 Å². The fourth-order valence-electron chi connectivity index (χ4n) is 4.05. The van der Waals surface area contributed by atoms with Crippen molar-refractivity contribution in [3.8, 4) is 5.75 Å². The molecule has 3 heterocycles. The van der Waals surface area contributed by atoms with Crippen LogP contribution in [-0.2, 0) is 17.7 Å². The third kappa shape index (κ3) is 4.59. The van der Waals surface area contributed by atoms with Gasteiger partial charge in [0.15, 0.2) is 0 Å². The van der Waals surface area contributed by atoms with E-state index in [0.29, 0.717) is 23.1 Å². The Morgan fingerprint density at radius 2 is 1.88 bits per heavy atom. The Labute approximate surface area is 194 Å². The Balaban J connectivity index is 1.68. The maximum atomic E-state index is 13.5. The van der Waals surface area contributed by atoms with Gasteiger partial charge in [-0.2, -0.15) is 19.0 Å². The first kappa shape index (κ1) is 23.7. The molecule has 0 spiro atoms. The zero-order valence-electron chi connectivity index (χ0n) is 19.7.